The number of hydrogen-bond donors (Lipinski definition) is 0. The Balaban J connectivity index is 1.56. The predicted molar refractivity (Wildman–Crippen MR) is 157 cm³/mol. The lowest BCUT2D eigenvalue weighted by Gasteiger charge is -2.28. The highest BCUT2D eigenvalue weighted by atomic mass is 32.2. The van der Waals surface area contributed by atoms with Crippen molar-refractivity contribution in [2.75, 3.05) is 36.0 Å². The van der Waals surface area contributed by atoms with E-state index >= 15 is 0 Å². The van der Waals surface area contributed by atoms with Gasteiger partial charge in [-0.05, 0) is 73.7 Å². The summed E-state index contributed by atoms with van der Waals surface area (Å²) >= 11 is 1.38. The summed E-state index contributed by atoms with van der Waals surface area (Å²) in [5.74, 6) is 1.32. The molecule has 0 aliphatic carbocycles. The van der Waals surface area contributed by atoms with Crippen LogP contribution in [0, 0.1) is 0 Å². The van der Waals surface area contributed by atoms with Crippen molar-refractivity contribution in [3.63, 3.8) is 0 Å². The molecule has 4 aromatic rings. The van der Waals surface area contributed by atoms with E-state index in [9.17, 15) is 18.0 Å². The molecule has 1 saturated heterocycles. The summed E-state index contributed by atoms with van der Waals surface area (Å²) in [6.07, 6.45) is -2.61. The highest BCUT2D eigenvalue weighted by Crippen LogP contribution is 2.43. The Morgan fingerprint density at radius 3 is 2.26 bits per heavy atom. The zero-order chi connectivity index (χ0) is 29.7. The van der Waals surface area contributed by atoms with Gasteiger partial charge in [0.15, 0.2) is 11.6 Å². The molecule has 0 saturated carbocycles. The Labute approximate surface area is 246 Å². The molecular weight excluding hydrogens is 567 g/mol. The van der Waals surface area contributed by atoms with Crippen LogP contribution in [0.1, 0.15) is 35.7 Å². The number of rotatable bonds is 10. The number of carbonyl (C=O) groups excluding carboxylic acids is 1. The van der Waals surface area contributed by atoms with E-state index in [1.807, 2.05) is 40.7 Å². The third-order valence-corrected chi connectivity index (χ3v) is 7.74. The molecule has 220 valence electrons. The van der Waals surface area contributed by atoms with Gasteiger partial charge in [0, 0.05) is 28.8 Å². The number of hydrogen-bond acceptors (Lipinski definition) is 8. The normalized spacial score (nSPS) is 13.3. The minimum absolute atomic E-state index is 0.280. The number of nitrogens with zero attached hydrogens (tertiary/aromatic N) is 3. The van der Waals surface area contributed by atoms with Crippen LogP contribution in [0.15, 0.2) is 77.7 Å². The zero-order valence-corrected chi connectivity index (χ0v) is 24.0. The van der Waals surface area contributed by atoms with Crippen molar-refractivity contribution in [2.45, 2.75) is 37.6 Å². The molecule has 1 fully saturated rings. The van der Waals surface area contributed by atoms with E-state index in [4.69, 9.17) is 14.5 Å². The fourth-order valence-electron chi connectivity index (χ4n) is 4.85. The van der Waals surface area contributed by atoms with E-state index in [1.165, 1.54) is 24.1 Å². The van der Waals surface area contributed by atoms with E-state index < -0.39 is 12.3 Å². The van der Waals surface area contributed by atoms with Crippen LogP contribution >= 0.6 is 11.9 Å². The van der Waals surface area contributed by atoms with Gasteiger partial charge in [0.1, 0.15) is 11.6 Å². The van der Waals surface area contributed by atoms with Gasteiger partial charge in [0.05, 0.1) is 25.8 Å². The van der Waals surface area contributed by atoms with Gasteiger partial charge < -0.3 is 19.1 Å². The minimum atomic E-state index is -4.77. The molecule has 1 aliphatic heterocycles. The summed E-state index contributed by atoms with van der Waals surface area (Å²) < 4.78 is 55.2. The highest BCUT2D eigenvalue weighted by Gasteiger charge is 2.31. The van der Waals surface area contributed by atoms with Crippen molar-refractivity contribution in [1.29, 1.82) is 0 Å². The first-order chi connectivity index (χ1) is 20.3. The van der Waals surface area contributed by atoms with Crippen molar-refractivity contribution in [3.05, 3.63) is 83.9 Å². The Hall–Kier alpha value is -4.12. The number of anilines is 2. The number of alkyl halides is 3. The monoisotopic (exact) mass is 597 g/mol. The minimum Gasteiger partial charge on any atom is -0.492 e. The first-order valence-corrected chi connectivity index (χ1v) is 14.3. The number of halogens is 3. The number of fused-ring (bicyclic) bond motifs is 1. The van der Waals surface area contributed by atoms with E-state index in [0.29, 0.717) is 17.1 Å². The number of aromatic nitrogens is 1. The predicted octanol–water partition coefficient (Wildman–Crippen LogP) is 7.63. The fourth-order valence-corrected chi connectivity index (χ4v) is 5.79. The Morgan fingerprint density at radius 2 is 1.64 bits per heavy atom. The topological polar surface area (TPSA) is 64.1 Å². The van der Waals surface area contributed by atoms with Gasteiger partial charge in [0.2, 0.25) is 0 Å². The van der Waals surface area contributed by atoms with Gasteiger partial charge in [-0.3, -0.25) is 4.31 Å². The average Bonchev–Trinajstić information content (AvgIpc) is 3.52. The van der Waals surface area contributed by atoms with Crippen LogP contribution in [0.25, 0.3) is 10.8 Å². The molecule has 1 aromatic heterocycles. The molecule has 11 heteroatoms. The first-order valence-electron chi connectivity index (χ1n) is 13.5. The molecule has 0 atom stereocenters. The third-order valence-electron chi connectivity index (χ3n) is 6.74. The van der Waals surface area contributed by atoms with Crippen molar-refractivity contribution >= 4 is 40.3 Å². The summed E-state index contributed by atoms with van der Waals surface area (Å²) in [5.41, 5.74) is 1.17. The average molecular weight is 598 g/mol. The lowest BCUT2D eigenvalue weighted by Crippen LogP contribution is -2.22. The highest BCUT2D eigenvalue weighted by molar-refractivity contribution is 8.00. The second kappa shape index (κ2) is 12.8. The molecule has 0 unspecified atom stereocenters. The number of benzene rings is 3. The van der Waals surface area contributed by atoms with Gasteiger partial charge in [-0.15, -0.1) is 13.2 Å². The van der Waals surface area contributed by atoms with Crippen LogP contribution in [0.5, 0.6) is 11.5 Å². The second-order valence-electron chi connectivity index (χ2n) is 9.60. The maximum absolute atomic E-state index is 12.7. The van der Waals surface area contributed by atoms with Gasteiger partial charge in [-0.1, -0.05) is 36.4 Å². The van der Waals surface area contributed by atoms with Crippen LogP contribution in [-0.2, 0) is 11.3 Å². The quantitative estimate of drug-likeness (QED) is 0.137. The number of carbonyl (C=O) groups is 1. The van der Waals surface area contributed by atoms with Gasteiger partial charge in [-0.25, -0.2) is 9.78 Å². The van der Waals surface area contributed by atoms with Gasteiger partial charge in [0.25, 0.3) is 0 Å². The molecule has 0 N–H and O–H groups in total. The third kappa shape index (κ3) is 6.84. The molecule has 0 bridgehead atoms. The molecule has 0 amide bonds. The summed E-state index contributed by atoms with van der Waals surface area (Å²) in [7, 11) is 1.60. The Kier molecular flexibility index (Phi) is 8.96. The molecule has 1 aliphatic rings. The van der Waals surface area contributed by atoms with Crippen LogP contribution in [0.2, 0.25) is 0 Å². The summed E-state index contributed by atoms with van der Waals surface area (Å²) in [6, 6.07) is 20.8. The summed E-state index contributed by atoms with van der Waals surface area (Å²) in [5, 5.41) is 1.89. The maximum atomic E-state index is 12.7. The molecular formula is C31H30F3N3O4S. The van der Waals surface area contributed by atoms with E-state index in [0.717, 1.165) is 53.0 Å². The van der Waals surface area contributed by atoms with Gasteiger partial charge >= 0.3 is 12.3 Å². The van der Waals surface area contributed by atoms with Crippen molar-refractivity contribution in [3.8, 4) is 11.5 Å². The number of pyridine rings is 1. The maximum Gasteiger partial charge on any atom is 0.573 e. The molecule has 0 spiro atoms. The molecule has 2 heterocycles. The molecule has 0 radical (unpaired) electrons. The van der Waals surface area contributed by atoms with Crippen LogP contribution in [0.3, 0.4) is 0 Å². The number of ether oxygens (including phenoxy) is 3. The molecule has 5 rings (SSSR count). The largest absolute Gasteiger partial charge is 0.573 e. The number of esters is 1. The zero-order valence-electron chi connectivity index (χ0n) is 23.2. The standard InChI is InChI=1S/C31H30F3N3O4S/c1-3-40-30(38)22-12-16-24(17-13-22)42-37(20-21-10-14-23(15-11-21)41-31(32,33)34)29-27(39-2)25-8-4-5-9-26(25)28(35-29)36-18-6-7-19-36/h4-5,8-17H,3,6-7,18-20H2,1-2H3. The van der Waals surface area contributed by atoms with Crippen LogP contribution in [0.4, 0.5) is 24.8 Å². The van der Waals surface area contributed by atoms with E-state index in [-0.39, 0.29) is 18.9 Å². The fraction of sp³-hybridized carbons (Fsp3) is 0.290. The van der Waals surface area contributed by atoms with Crippen molar-refractivity contribution in [2.24, 2.45) is 0 Å². The summed E-state index contributed by atoms with van der Waals surface area (Å²) in [6.45, 7) is 4.11. The van der Waals surface area contributed by atoms with Crippen molar-refractivity contribution in [1.82, 2.24) is 4.98 Å². The summed E-state index contributed by atoms with van der Waals surface area (Å²) in [4.78, 5) is 20.4. The Morgan fingerprint density at radius 1 is 0.976 bits per heavy atom. The lowest BCUT2D eigenvalue weighted by molar-refractivity contribution is -0.274. The second-order valence-corrected chi connectivity index (χ2v) is 10.7. The molecule has 42 heavy (non-hydrogen) atoms. The van der Waals surface area contributed by atoms with Crippen LogP contribution in [-0.4, -0.2) is 44.1 Å². The number of methoxy groups -OCH3 is 1. The van der Waals surface area contributed by atoms with Crippen LogP contribution < -0.4 is 18.7 Å². The van der Waals surface area contributed by atoms with Crippen molar-refractivity contribution < 1.29 is 32.2 Å². The SMILES string of the molecule is CCOC(=O)c1ccc(SN(Cc2ccc(OC(F)(F)F)cc2)c2nc(N3CCCC3)c3ccccc3c2OC)cc1. The smallest absolute Gasteiger partial charge is 0.492 e. The molecule has 7 nitrogen and oxygen atoms in total. The molecule has 3 aromatic carbocycles. The Bertz CT molecular complexity index is 1530. The lowest BCUT2D eigenvalue weighted by atomic mass is 10.1. The van der Waals surface area contributed by atoms with Gasteiger partial charge in [-0.2, -0.15) is 0 Å². The van der Waals surface area contributed by atoms with E-state index in [2.05, 4.69) is 9.64 Å². The first kappa shape index (κ1) is 29.4. The van der Waals surface area contributed by atoms with E-state index in [1.54, 1.807) is 38.3 Å².